The van der Waals surface area contributed by atoms with E-state index in [1.165, 1.54) is 11.1 Å². The van der Waals surface area contributed by atoms with Crippen LogP contribution in [0.3, 0.4) is 0 Å². The minimum absolute atomic E-state index is 0.0402. The van der Waals surface area contributed by atoms with E-state index < -0.39 is 0 Å². The highest BCUT2D eigenvalue weighted by Gasteiger charge is 2.22. The number of amides is 1. The lowest BCUT2D eigenvalue weighted by molar-refractivity contribution is -0.130. The van der Waals surface area contributed by atoms with Crippen LogP contribution in [0.15, 0.2) is 60.7 Å². The Morgan fingerprint density at radius 3 is 1.96 bits per heavy atom. The fourth-order valence-corrected chi connectivity index (χ4v) is 5.03. The van der Waals surface area contributed by atoms with Crippen LogP contribution in [0.4, 0.5) is 0 Å². The van der Waals surface area contributed by atoms with Gasteiger partial charge in [-0.1, -0.05) is 60.7 Å². The van der Waals surface area contributed by atoms with Crippen molar-refractivity contribution < 1.29 is 4.79 Å². The van der Waals surface area contributed by atoms with Gasteiger partial charge in [-0.25, -0.2) is 0 Å². The number of nitrogens with zero attached hydrogens (tertiary/aromatic N) is 1. The second-order valence-corrected chi connectivity index (χ2v) is 8.42. The highest BCUT2D eigenvalue weighted by Crippen LogP contribution is 2.25. The third kappa shape index (κ3) is 7.08. The van der Waals surface area contributed by atoms with E-state index >= 15 is 0 Å². The van der Waals surface area contributed by atoms with Crippen LogP contribution in [0.25, 0.3) is 0 Å². The lowest BCUT2D eigenvalue weighted by atomic mass is 10.2. The number of carbonyl (C=O) groups is 1. The summed E-state index contributed by atoms with van der Waals surface area (Å²) in [7, 11) is 0. The van der Waals surface area contributed by atoms with Gasteiger partial charge in [0.05, 0.1) is 5.25 Å². The van der Waals surface area contributed by atoms with Gasteiger partial charge in [0, 0.05) is 24.6 Å². The molecule has 4 heteroatoms. The van der Waals surface area contributed by atoms with Crippen LogP contribution in [0.2, 0.25) is 0 Å². The normalized spacial score (nSPS) is 11.9. The number of rotatable bonds is 11. The molecule has 0 aliphatic rings. The van der Waals surface area contributed by atoms with Gasteiger partial charge in [-0.2, -0.15) is 11.8 Å². The van der Waals surface area contributed by atoms with Gasteiger partial charge in [-0.15, -0.1) is 11.8 Å². The zero-order valence-corrected chi connectivity index (χ0v) is 17.4. The molecule has 0 aliphatic carbocycles. The monoisotopic (exact) mass is 387 g/mol. The molecule has 1 unspecified atom stereocenters. The Bertz CT molecular complexity index is 629. The maximum absolute atomic E-state index is 12.9. The summed E-state index contributed by atoms with van der Waals surface area (Å²) in [4.78, 5) is 14.8. The molecule has 0 aromatic heterocycles. The molecule has 0 aliphatic heterocycles. The number of thioether (sulfide) groups is 2. The molecule has 2 aromatic rings. The van der Waals surface area contributed by atoms with Gasteiger partial charge in [-0.3, -0.25) is 4.79 Å². The van der Waals surface area contributed by atoms with Crippen LogP contribution in [-0.2, 0) is 16.3 Å². The predicted molar refractivity (Wildman–Crippen MR) is 117 cm³/mol. The van der Waals surface area contributed by atoms with Gasteiger partial charge in [0.25, 0.3) is 0 Å². The van der Waals surface area contributed by atoms with Crippen molar-refractivity contribution in [3.63, 3.8) is 0 Å². The summed E-state index contributed by atoms with van der Waals surface area (Å²) in [6.07, 6.45) is 0.921. The van der Waals surface area contributed by atoms with Crippen molar-refractivity contribution in [3.8, 4) is 0 Å². The van der Waals surface area contributed by atoms with Crippen LogP contribution in [0.5, 0.6) is 0 Å². The van der Waals surface area contributed by atoms with Gasteiger partial charge in [-0.05, 0) is 37.1 Å². The van der Waals surface area contributed by atoms with Crippen LogP contribution >= 0.6 is 23.5 Å². The van der Waals surface area contributed by atoms with E-state index in [0.717, 1.165) is 36.8 Å². The molecule has 0 saturated carbocycles. The molecule has 0 heterocycles. The molecule has 1 amide bonds. The van der Waals surface area contributed by atoms with Crippen molar-refractivity contribution in [2.24, 2.45) is 0 Å². The molecule has 1 atom stereocenters. The second-order valence-electron chi connectivity index (χ2n) is 6.12. The summed E-state index contributed by atoms with van der Waals surface area (Å²) in [5.74, 6) is 3.20. The topological polar surface area (TPSA) is 20.3 Å². The van der Waals surface area contributed by atoms with Gasteiger partial charge < -0.3 is 4.90 Å². The minimum atomic E-state index is 0.0402. The average molecular weight is 388 g/mol. The van der Waals surface area contributed by atoms with E-state index in [4.69, 9.17) is 0 Å². The van der Waals surface area contributed by atoms with Crippen molar-refractivity contribution in [1.82, 2.24) is 4.90 Å². The first kappa shape index (κ1) is 20.9. The average Bonchev–Trinajstić information content (AvgIpc) is 2.70. The fraction of sp³-hybridized carbons (Fsp3) is 0.409. The predicted octanol–water partition coefficient (Wildman–Crippen LogP) is 5.48. The van der Waals surface area contributed by atoms with E-state index in [9.17, 15) is 4.79 Å². The van der Waals surface area contributed by atoms with Crippen molar-refractivity contribution in [1.29, 1.82) is 0 Å². The van der Waals surface area contributed by atoms with Gasteiger partial charge in [0.2, 0.25) is 5.91 Å². The summed E-state index contributed by atoms with van der Waals surface area (Å²) in [6.45, 7) is 5.69. The lowest BCUT2D eigenvalue weighted by Crippen LogP contribution is -2.37. The smallest absolute Gasteiger partial charge is 0.235 e. The maximum Gasteiger partial charge on any atom is 0.235 e. The molecule has 0 N–H and O–H groups in total. The Morgan fingerprint density at radius 2 is 1.42 bits per heavy atom. The van der Waals surface area contributed by atoms with E-state index in [0.29, 0.717) is 0 Å². The summed E-state index contributed by atoms with van der Waals surface area (Å²) in [5, 5.41) is 0.0402. The third-order valence-corrected chi connectivity index (χ3v) is 6.68. The fourth-order valence-electron chi connectivity index (χ4n) is 2.74. The van der Waals surface area contributed by atoms with Crippen LogP contribution in [0, 0.1) is 0 Å². The van der Waals surface area contributed by atoms with E-state index in [2.05, 4.69) is 62.4 Å². The van der Waals surface area contributed by atoms with Crippen molar-refractivity contribution in [2.75, 3.05) is 18.8 Å². The molecule has 0 fully saturated rings. The van der Waals surface area contributed by atoms with E-state index in [1.54, 1.807) is 11.8 Å². The molecule has 2 nitrogen and oxygen atoms in total. The summed E-state index contributed by atoms with van der Waals surface area (Å²) in [5.41, 5.74) is 2.63. The summed E-state index contributed by atoms with van der Waals surface area (Å²) >= 11 is 3.70. The lowest BCUT2D eigenvalue weighted by Gasteiger charge is -2.25. The molecule has 0 bridgehead atoms. The molecule has 140 valence electrons. The first-order valence-corrected chi connectivity index (χ1v) is 11.5. The number of carbonyl (C=O) groups excluding carboxylic acids is 1. The molecular formula is C22H29NOS2. The zero-order valence-electron chi connectivity index (χ0n) is 15.8. The van der Waals surface area contributed by atoms with Crippen molar-refractivity contribution in [3.05, 3.63) is 71.8 Å². The third-order valence-electron chi connectivity index (χ3n) is 4.28. The first-order valence-electron chi connectivity index (χ1n) is 9.30. The highest BCUT2D eigenvalue weighted by molar-refractivity contribution is 8.00. The number of benzene rings is 2. The molecule has 2 rings (SSSR count). The van der Waals surface area contributed by atoms with Crippen LogP contribution in [0.1, 0.15) is 31.4 Å². The van der Waals surface area contributed by atoms with Gasteiger partial charge in [0.15, 0.2) is 0 Å². The highest BCUT2D eigenvalue weighted by atomic mass is 32.2. The van der Waals surface area contributed by atoms with Crippen LogP contribution in [-0.4, -0.2) is 34.9 Å². The Kier molecular flexibility index (Phi) is 9.72. The van der Waals surface area contributed by atoms with E-state index in [-0.39, 0.29) is 11.2 Å². The maximum atomic E-state index is 12.9. The van der Waals surface area contributed by atoms with Gasteiger partial charge >= 0.3 is 0 Å². The molecule has 26 heavy (non-hydrogen) atoms. The van der Waals surface area contributed by atoms with Gasteiger partial charge in [0.1, 0.15) is 0 Å². The molecular weight excluding hydrogens is 358 g/mol. The SMILES string of the molecule is CCN(CC)C(=O)C(CCSCc1ccccc1)SCc1ccccc1. The Morgan fingerprint density at radius 1 is 0.885 bits per heavy atom. The van der Waals surface area contributed by atoms with Crippen LogP contribution < -0.4 is 0 Å². The Hall–Kier alpha value is -1.39. The standard InChI is InChI=1S/C22H29NOS2/c1-3-23(4-2)22(24)21(26-18-20-13-9-6-10-14-20)15-16-25-17-19-11-7-5-8-12-19/h5-14,21H,3-4,15-18H2,1-2H3. The zero-order chi connectivity index (χ0) is 18.6. The molecule has 0 spiro atoms. The van der Waals surface area contributed by atoms with E-state index in [1.807, 2.05) is 28.8 Å². The molecule has 0 radical (unpaired) electrons. The van der Waals surface area contributed by atoms with Crippen molar-refractivity contribution in [2.45, 2.75) is 37.0 Å². The van der Waals surface area contributed by atoms with Crippen molar-refractivity contribution >= 4 is 29.4 Å². The minimum Gasteiger partial charge on any atom is -0.342 e. The largest absolute Gasteiger partial charge is 0.342 e. The first-order chi connectivity index (χ1) is 12.7. The Balaban J connectivity index is 1.88. The number of hydrogen-bond donors (Lipinski definition) is 0. The number of hydrogen-bond acceptors (Lipinski definition) is 3. The quantitative estimate of drug-likeness (QED) is 0.476. The summed E-state index contributed by atoms with van der Waals surface area (Å²) < 4.78 is 0. The Labute approximate surface area is 166 Å². The summed E-state index contributed by atoms with van der Waals surface area (Å²) in [6, 6.07) is 21.0. The second kappa shape index (κ2) is 12.1. The molecule has 0 saturated heterocycles. The molecule has 2 aromatic carbocycles.